The number of rotatable bonds is 6. The molecular weight excluding hydrogens is 242 g/mol. The van der Waals surface area contributed by atoms with Crippen molar-refractivity contribution in [2.24, 2.45) is 5.92 Å². The number of anilines is 1. The summed E-state index contributed by atoms with van der Waals surface area (Å²) >= 11 is 0. The SMILES string of the molecule is CC(C)C(CCO)Nc1ccc(C(=O)N(C)C)cn1. The molecule has 19 heavy (non-hydrogen) atoms. The van der Waals surface area contributed by atoms with Crippen molar-refractivity contribution in [3.8, 4) is 0 Å². The van der Waals surface area contributed by atoms with E-state index in [9.17, 15) is 4.79 Å². The van der Waals surface area contributed by atoms with Gasteiger partial charge in [-0.25, -0.2) is 4.98 Å². The fraction of sp³-hybridized carbons (Fsp3) is 0.571. The van der Waals surface area contributed by atoms with Crippen LogP contribution in [0.3, 0.4) is 0 Å². The van der Waals surface area contributed by atoms with Gasteiger partial charge in [0.05, 0.1) is 5.56 Å². The summed E-state index contributed by atoms with van der Waals surface area (Å²) in [5, 5.41) is 12.3. The summed E-state index contributed by atoms with van der Waals surface area (Å²) < 4.78 is 0. The van der Waals surface area contributed by atoms with Gasteiger partial charge in [-0.15, -0.1) is 0 Å². The summed E-state index contributed by atoms with van der Waals surface area (Å²) in [4.78, 5) is 17.5. The zero-order valence-electron chi connectivity index (χ0n) is 12.1. The summed E-state index contributed by atoms with van der Waals surface area (Å²) in [6.45, 7) is 4.33. The average molecular weight is 265 g/mol. The van der Waals surface area contributed by atoms with E-state index in [1.54, 1.807) is 32.4 Å². The molecule has 2 N–H and O–H groups in total. The van der Waals surface area contributed by atoms with Crippen LogP contribution in [0.1, 0.15) is 30.6 Å². The second kappa shape index (κ2) is 7.09. The molecule has 106 valence electrons. The van der Waals surface area contributed by atoms with Crippen LogP contribution in [0, 0.1) is 5.92 Å². The molecule has 0 aliphatic heterocycles. The first-order valence-electron chi connectivity index (χ1n) is 6.50. The highest BCUT2D eigenvalue weighted by molar-refractivity contribution is 5.93. The van der Waals surface area contributed by atoms with Gasteiger partial charge in [-0.1, -0.05) is 13.8 Å². The number of aliphatic hydroxyl groups excluding tert-OH is 1. The molecule has 1 atom stereocenters. The lowest BCUT2D eigenvalue weighted by Gasteiger charge is -2.22. The number of amides is 1. The van der Waals surface area contributed by atoms with Gasteiger partial charge in [0.2, 0.25) is 0 Å². The highest BCUT2D eigenvalue weighted by Gasteiger charge is 2.14. The van der Waals surface area contributed by atoms with Crippen molar-refractivity contribution < 1.29 is 9.90 Å². The van der Waals surface area contributed by atoms with Crippen molar-refractivity contribution in [1.82, 2.24) is 9.88 Å². The van der Waals surface area contributed by atoms with E-state index < -0.39 is 0 Å². The molecule has 1 aromatic rings. The second-order valence-corrected chi connectivity index (χ2v) is 5.14. The number of aromatic nitrogens is 1. The lowest BCUT2D eigenvalue weighted by atomic mass is 10.0. The van der Waals surface area contributed by atoms with Crippen LogP contribution in [0.5, 0.6) is 0 Å². The minimum absolute atomic E-state index is 0.0604. The molecule has 0 aliphatic carbocycles. The number of aliphatic hydroxyl groups is 1. The average Bonchev–Trinajstić information content (AvgIpc) is 2.38. The quantitative estimate of drug-likeness (QED) is 0.820. The molecule has 0 saturated carbocycles. The maximum Gasteiger partial charge on any atom is 0.254 e. The van der Waals surface area contributed by atoms with Crippen molar-refractivity contribution >= 4 is 11.7 Å². The van der Waals surface area contributed by atoms with Crippen molar-refractivity contribution in [3.63, 3.8) is 0 Å². The molecule has 0 saturated heterocycles. The molecule has 1 unspecified atom stereocenters. The predicted molar refractivity (Wildman–Crippen MR) is 76.2 cm³/mol. The molecular formula is C14H23N3O2. The molecule has 1 aromatic heterocycles. The van der Waals surface area contributed by atoms with Crippen molar-refractivity contribution in [2.45, 2.75) is 26.3 Å². The Hall–Kier alpha value is -1.62. The third kappa shape index (κ3) is 4.52. The van der Waals surface area contributed by atoms with Gasteiger partial charge < -0.3 is 15.3 Å². The van der Waals surface area contributed by atoms with E-state index in [0.29, 0.717) is 17.9 Å². The van der Waals surface area contributed by atoms with Gasteiger partial charge in [0.25, 0.3) is 5.91 Å². The third-order valence-corrected chi connectivity index (χ3v) is 2.99. The predicted octanol–water partition coefficient (Wildman–Crippen LogP) is 1.60. The first-order chi connectivity index (χ1) is 8.95. The first kappa shape index (κ1) is 15.4. The monoisotopic (exact) mass is 265 g/mol. The molecule has 0 radical (unpaired) electrons. The third-order valence-electron chi connectivity index (χ3n) is 2.99. The molecule has 0 spiro atoms. The van der Waals surface area contributed by atoms with E-state index in [2.05, 4.69) is 24.1 Å². The summed E-state index contributed by atoms with van der Waals surface area (Å²) in [5.74, 6) is 1.06. The number of pyridine rings is 1. The van der Waals surface area contributed by atoms with Gasteiger partial charge in [0.15, 0.2) is 0 Å². The highest BCUT2D eigenvalue weighted by Crippen LogP contribution is 2.14. The van der Waals surface area contributed by atoms with Crippen LogP contribution in [0.4, 0.5) is 5.82 Å². The number of nitrogens with one attached hydrogen (secondary N) is 1. The van der Waals surface area contributed by atoms with Gasteiger partial charge in [0.1, 0.15) is 5.82 Å². The minimum Gasteiger partial charge on any atom is -0.396 e. The topological polar surface area (TPSA) is 65.5 Å². The summed E-state index contributed by atoms with van der Waals surface area (Å²) in [7, 11) is 3.43. The number of hydrogen-bond acceptors (Lipinski definition) is 4. The van der Waals surface area contributed by atoms with Crippen molar-refractivity contribution in [3.05, 3.63) is 23.9 Å². The normalized spacial score (nSPS) is 12.3. The van der Waals surface area contributed by atoms with E-state index >= 15 is 0 Å². The maximum atomic E-state index is 11.7. The zero-order chi connectivity index (χ0) is 14.4. The Morgan fingerprint density at radius 1 is 1.42 bits per heavy atom. The number of hydrogen-bond donors (Lipinski definition) is 2. The van der Waals surface area contributed by atoms with Crippen LogP contribution >= 0.6 is 0 Å². The van der Waals surface area contributed by atoms with E-state index in [1.807, 2.05) is 0 Å². The van der Waals surface area contributed by atoms with Gasteiger partial charge in [-0.2, -0.15) is 0 Å². The Labute approximate surface area is 114 Å². The van der Waals surface area contributed by atoms with Crippen LogP contribution in [-0.2, 0) is 0 Å². The summed E-state index contributed by atoms with van der Waals surface area (Å²) in [5.41, 5.74) is 0.568. The van der Waals surface area contributed by atoms with Gasteiger partial charge >= 0.3 is 0 Å². The lowest BCUT2D eigenvalue weighted by Crippen LogP contribution is -2.27. The smallest absolute Gasteiger partial charge is 0.254 e. The zero-order valence-corrected chi connectivity index (χ0v) is 12.1. The van der Waals surface area contributed by atoms with Gasteiger partial charge in [-0.05, 0) is 24.5 Å². The van der Waals surface area contributed by atoms with E-state index in [0.717, 1.165) is 5.82 Å². The van der Waals surface area contributed by atoms with E-state index in [-0.39, 0.29) is 18.6 Å². The second-order valence-electron chi connectivity index (χ2n) is 5.14. The summed E-state index contributed by atoms with van der Waals surface area (Å²) in [6.07, 6.45) is 2.25. The number of carbonyl (C=O) groups excluding carboxylic acids is 1. The Morgan fingerprint density at radius 2 is 2.11 bits per heavy atom. The Kier molecular flexibility index (Phi) is 5.76. The van der Waals surface area contributed by atoms with Gasteiger partial charge in [0, 0.05) is 32.9 Å². The molecule has 1 rings (SSSR count). The standard InChI is InChI=1S/C14H23N3O2/c1-10(2)12(7-8-18)16-13-6-5-11(9-15-13)14(19)17(3)4/h5-6,9-10,12,18H,7-8H2,1-4H3,(H,15,16). The molecule has 5 heteroatoms. The van der Waals surface area contributed by atoms with Crippen LogP contribution in [0.15, 0.2) is 18.3 Å². The lowest BCUT2D eigenvalue weighted by molar-refractivity contribution is 0.0827. The molecule has 1 heterocycles. The summed E-state index contributed by atoms with van der Waals surface area (Å²) in [6, 6.07) is 3.73. The van der Waals surface area contributed by atoms with Crippen molar-refractivity contribution in [2.75, 3.05) is 26.0 Å². The van der Waals surface area contributed by atoms with Crippen LogP contribution in [0.25, 0.3) is 0 Å². The van der Waals surface area contributed by atoms with Gasteiger partial charge in [-0.3, -0.25) is 4.79 Å². The largest absolute Gasteiger partial charge is 0.396 e. The number of carbonyl (C=O) groups is 1. The highest BCUT2D eigenvalue weighted by atomic mass is 16.3. The van der Waals surface area contributed by atoms with E-state index in [4.69, 9.17) is 5.11 Å². The van der Waals surface area contributed by atoms with Crippen LogP contribution < -0.4 is 5.32 Å². The minimum atomic E-state index is -0.0604. The van der Waals surface area contributed by atoms with Crippen molar-refractivity contribution in [1.29, 1.82) is 0 Å². The molecule has 1 amide bonds. The van der Waals surface area contributed by atoms with Crippen LogP contribution in [0.2, 0.25) is 0 Å². The molecule has 0 aromatic carbocycles. The Bertz CT molecular complexity index is 402. The maximum absolute atomic E-state index is 11.7. The molecule has 0 fully saturated rings. The fourth-order valence-corrected chi connectivity index (χ4v) is 1.77. The van der Waals surface area contributed by atoms with E-state index in [1.165, 1.54) is 4.90 Å². The molecule has 0 aliphatic rings. The Morgan fingerprint density at radius 3 is 2.53 bits per heavy atom. The Balaban J connectivity index is 2.73. The first-order valence-corrected chi connectivity index (χ1v) is 6.50. The fourth-order valence-electron chi connectivity index (χ4n) is 1.77. The van der Waals surface area contributed by atoms with Crippen LogP contribution in [-0.4, -0.2) is 47.6 Å². The molecule has 5 nitrogen and oxygen atoms in total. The number of nitrogens with zero attached hydrogens (tertiary/aromatic N) is 2. The molecule has 0 bridgehead atoms.